The molecule has 0 bridgehead atoms. The monoisotopic (exact) mass is 373 g/mol. The molecule has 0 aliphatic rings. The average molecular weight is 374 g/mol. The Morgan fingerprint density at radius 3 is 2.80 bits per heavy atom. The van der Waals surface area contributed by atoms with Gasteiger partial charge in [-0.1, -0.05) is 35.3 Å². The average Bonchev–Trinajstić information content (AvgIpc) is 2.65. The van der Waals surface area contributed by atoms with Crippen molar-refractivity contribution in [3.8, 4) is 0 Å². The van der Waals surface area contributed by atoms with E-state index in [2.05, 4.69) is 25.6 Å². The van der Waals surface area contributed by atoms with E-state index in [0.29, 0.717) is 23.1 Å². The van der Waals surface area contributed by atoms with Crippen molar-refractivity contribution < 1.29 is 4.79 Å². The van der Waals surface area contributed by atoms with Crippen LogP contribution in [-0.2, 0) is 6.54 Å². The van der Waals surface area contributed by atoms with Gasteiger partial charge in [0.2, 0.25) is 0 Å². The Morgan fingerprint density at radius 1 is 1.12 bits per heavy atom. The highest BCUT2D eigenvalue weighted by molar-refractivity contribution is 6.44. The van der Waals surface area contributed by atoms with Crippen molar-refractivity contribution in [2.24, 2.45) is 0 Å². The van der Waals surface area contributed by atoms with E-state index in [1.54, 1.807) is 36.7 Å². The van der Waals surface area contributed by atoms with Crippen molar-refractivity contribution in [2.45, 2.75) is 6.54 Å². The van der Waals surface area contributed by atoms with Gasteiger partial charge in [0, 0.05) is 25.0 Å². The molecule has 0 atom stereocenters. The zero-order chi connectivity index (χ0) is 17.6. The van der Waals surface area contributed by atoms with Crippen LogP contribution in [0.4, 0.5) is 11.5 Å². The second-order valence-corrected chi connectivity index (χ2v) is 5.84. The molecule has 0 aliphatic heterocycles. The van der Waals surface area contributed by atoms with Crippen molar-refractivity contribution in [3.63, 3.8) is 0 Å². The van der Waals surface area contributed by atoms with Crippen LogP contribution in [0.5, 0.6) is 0 Å². The third-order valence-electron chi connectivity index (χ3n) is 3.30. The van der Waals surface area contributed by atoms with E-state index in [0.717, 1.165) is 5.56 Å². The van der Waals surface area contributed by atoms with Crippen molar-refractivity contribution >= 4 is 40.6 Å². The predicted molar refractivity (Wildman–Crippen MR) is 98.0 cm³/mol. The van der Waals surface area contributed by atoms with E-state index in [4.69, 9.17) is 23.2 Å². The molecular formula is C17H13Cl2N5O. The maximum Gasteiger partial charge on any atom is 0.274 e. The van der Waals surface area contributed by atoms with Crippen LogP contribution in [0.15, 0.2) is 55.1 Å². The molecule has 1 amide bonds. The second-order valence-electron chi connectivity index (χ2n) is 5.06. The van der Waals surface area contributed by atoms with E-state index in [1.807, 2.05) is 12.1 Å². The van der Waals surface area contributed by atoms with Gasteiger partial charge in [-0.25, -0.2) is 9.97 Å². The lowest BCUT2D eigenvalue weighted by molar-refractivity contribution is 0.102. The van der Waals surface area contributed by atoms with Gasteiger partial charge in [-0.2, -0.15) is 0 Å². The van der Waals surface area contributed by atoms with E-state index in [1.165, 1.54) is 6.33 Å². The molecule has 25 heavy (non-hydrogen) atoms. The van der Waals surface area contributed by atoms with Crippen LogP contribution in [-0.4, -0.2) is 20.9 Å². The number of amides is 1. The highest BCUT2D eigenvalue weighted by Gasteiger charge is 2.12. The maximum atomic E-state index is 12.4. The summed E-state index contributed by atoms with van der Waals surface area (Å²) in [5.74, 6) is 0.122. The molecule has 2 heterocycles. The molecule has 0 saturated heterocycles. The first-order valence-electron chi connectivity index (χ1n) is 7.33. The maximum absolute atomic E-state index is 12.4. The fourth-order valence-corrected chi connectivity index (χ4v) is 2.41. The topological polar surface area (TPSA) is 79.8 Å². The minimum absolute atomic E-state index is 0.208. The quantitative estimate of drug-likeness (QED) is 0.705. The zero-order valence-electron chi connectivity index (χ0n) is 12.9. The smallest absolute Gasteiger partial charge is 0.274 e. The minimum Gasteiger partial charge on any atom is -0.366 e. The van der Waals surface area contributed by atoms with Gasteiger partial charge in [-0.05, 0) is 23.8 Å². The molecular weight excluding hydrogens is 361 g/mol. The molecule has 3 rings (SSSR count). The first kappa shape index (κ1) is 17.1. The third-order valence-corrected chi connectivity index (χ3v) is 4.11. The van der Waals surface area contributed by atoms with Crippen LogP contribution in [0.1, 0.15) is 16.1 Å². The summed E-state index contributed by atoms with van der Waals surface area (Å²) >= 11 is 12.0. The first-order chi connectivity index (χ1) is 12.1. The lowest BCUT2D eigenvalue weighted by Gasteiger charge is -2.09. The molecule has 1 aromatic carbocycles. The second kappa shape index (κ2) is 7.92. The molecule has 0 spiro atoms. The lowest BCUT2D eigenvalue weighted by Crippen LogP contribution is -2.15. The number of nitrogens with zero attached hydrogens (tertiary/aromatic N) is 3. The molecule has 126 valence electrons. The van der Waals surface area contributed by atoms with Crippen LogP contribution >= 0.6 is 23.2 Å². The van der Waals surface area contributed by atoms with Gasteiger partial charge < -0.3 is 10.6 Å². The fourth-order valence-electron chi connectivity index (χ4n) is 2.06. The number of hydrogen-bond donors (Lipinski definition) is 2. The Labute approximate surface area is 154 Å². The van der Waals surface area contributed by atoms with Gasteiger partial charge in [0.05, 0.1) is 15.7 Å². The van der Waals surface area contributed by atoms with Crippen molar-refractivity contribution in [2.75, 3.05) is 10.6 Å². The summed E-state index contributed by atoms with van der Waals surface area (Å²) in [6.07, 6.45) is 4.78. The van der Waals surface area contributed by atoms with Crippen LogP contribution in [0.25, 0.3) is 0 Å². The van der Waals surface area contributed by atoms with Gasteiger partial charge in [-0.3, -0.25) is 9.78 Å². The summed E-state index contributed by atoms with van der Waals surface area (Å²) in [5, 5.41) is 6.45. The molecule has 2 aromatic heterocycles. The Kier molecular flexibility index (Phi) is 5.42. The van der Waals surface area contributed by atoms with Crippen LogP contribution in [0.2, 0.25) is 10.0 Å². The van der Waals surface area contributed by atoms with Crippen LogP contribution in [0, 0.1) is 0 Å². The largest absolute Gasteiger partial charge is 0.366 e. The molecule has 0 aliphatic carbocycles. The highest BCUT2D eigenvalue weighted by Crippen LogP contribution is 2.29. The standard InChI is InChI=1S/C17H13Cl2N5O/c18-12-4-1-5-13(16(12)19)24-17(25)14-7-15(23-10-22-14)21-9-11-3-2-6-20-8-11/h1-8,10H,9H2,(H,24,25)(H,21,22,23). The highest BCUT2D eigenvalue weighted by atomic mass is 35.5. The summed E-state index contributed by atoms with van der Waals surface area (Å²) in [6, 6.07) is 10.4. The van der Waals surface area contributed by atoms with Gasteiger partial charge in [0.25, 0.3) is 5.91 Å². The summed E-state index contributed by atoms with van der Waals surface area (Å²) < 4.78 is 0. The van der Waals surface area contributed by atoms with Gasteiger partial charge in [0.15, 0.2) is 0 Å². The normalized spacial score (nSPS) is 10.3. The summed E-state index contributed by atoms with van der Waals surface area (Å²) in [6.45, 7) is 0.534. The Morgan fingerprint density at radius 2 is 2.00 bits per heavy atom. The fraction of sp³-hybridized carbons (Fsp3) is 0.0588. The van der Waals surface area contributed by atoms with Gasteiger partial charge in [-0.15, -0.1) is 0 Å². The summed E-state index contributed by atoms with van der Waals surface area (Å²) in [7, 11) is 0. The van der Waals surface area contributed by atoms with Gasteiger partial charge >= 0.3 is 0 Å². The number of aromatic nitrogens is 3. The number of hydrogen-bond acceptors (Lipinski definition) is 5. The Balaban J connectivity index is 1.70. The van der Waals surface area contributed by atoms with Crippen molar-refractivity contribution in [1.29, 1.82) is 0 Å². The molecule has 2 N–H and O–H groups in total. The lowest BCUT2D eigenvalue weighted by atomic mass is 10.3. The van der Waals surface area contributed by atoms with Crippen LogP contribution < -0.4 is 10.6 Å². The Hall–Kier alpha value is -2.70. The number of rotatable bonds is 5. The zero-order valence-corrected chi connectivity index (χ0v) is 14.4. The summed E-state index contributed by atoms with van der Waals surface area (Å²) in [4.78, 5) is 24.5. The van der Waals surface area contributed by atoms with Crippen LogP contribution in [0.3, 0.4) is 0 Å². The minimum atomic E-state index is -0.406. The molecule has 6 nitrogen and oxygen atoms in total. The molecule has 3 aromatic rings. The molecule has 0 radical (unpaired) electrons. The molecule has 0 unspecified atom stereocenters. The number of anilines is 2. The van der Waals surface area contributed by atoms with E-state index in [-0.39, 0.29) is 10.7 Å². The van der Waals surface area contributed by atoms with E-state index in [9.17, 15) is 4.79 Å². The SMILES string of the molecule is O=C(Nc1cccc(Cl)c1Cl)c1cc(NCc2cccnc2)ncn1. The molecule has 0 saturated carbocycles. The number of halogens is 2. The number of carbonyl (C=O) groups excluding carboxylic acids is 1. The van der Waals surface area contributed by atoms with Crippen molar-refractivity contribution in [1.82, 2.24) is 15.0 Å². The number of nitrogens with one attached hydrogen (secondary N) is 2. The van der Waals surface area contributed by atoms with E-state index >= 15 is 0 Å². The number of carbonyl (C=O) groups is 1. The molecule has 8 heteroatoms. The predicted octanol–water partition coefficient (Wildman–Crippen LogP) is 4.04. The number of benzene rings is 1. The van der Waals surface area contributed by atoms with Gasteiger partial charge in [0.1, 0.15) is 17.8 Å². The molecule has 0 fully saturated rings. The first-order valence-corrected chi connectivity index (χ1v) is 8.09. The number of pyridine rings is 1. The van der Waals surface area contributed by atoms with E-state index < -0.39 is 5.91 Å². The van der Waals surface area contributed by atoms with Crippen molar-refractivity contribution in [3.05, 3.63) is 76.4 Å². The third kappa shape index (κ3) is 4.43. The Bertz CT molecular complexity index is 889. The summed E-state index contributed by atoms with van der Waals surface area (Å²) in [5.41, 5.74) is 1.63.